The monoisotopic (exact) mass is 347 g/mol. The highest BCUT2D eigenvalue weighted by molar-refractivity contribution is 7.17. The summed E-state index contributed by atoms with van der Waals surface area (Å²) in [6.07, 6.45) is 6.16. The molecule has 3 aliphatic carbocycles. The molecule has 4 rings (SSSR count). The number of rotatable bonds is 5. The molecule has 3 aliphatic rings. The van der Waals surface area contributed by atoms with Gasteiger partial charge in [-0.25, -0.2) is 0 Å². The summed E-state index contributed by atoms with van der Waals surface area (Å²) >= 11 is 1.57. The molecule has 2 fully saturated rings. The van der Waals surface area contributed by atoms with Crippen LogP contribution in [0.15, 0.2) is 0 Å². The summed E-state index contributed by atoms with van der Waals surface area (Å²) in [5, 5.41) is 6.82. The summed E-state index contributed by atoms with van der Waals surface area (Å²) < 4.78 is 0. The van der Waals surface area contributed by atoms with Crippen molar-refractivity contribution in [1.82, 2.24) is 5.32 Å². The van der Waals surface area contributed by atoms with Crippen LogP contribution in [0.5, 0.6) is 0 Å². The van der Waals surface area contributed by atoms with Gasteiger partial charge in [0.25, 0.3) is 5.91 Å². The van der Waals surface area contributed by atoms with Gasteiger partial charge in [0.15, 0.2) is 0 Å². The minimum absolute atomic E-state index is 0.0496. The van der Waals surface area contributed by atoms with E-state index in [-0.39, 0.29) is 29.7 Å². The van der Waals surface area contributed by atoms with E-state index in [1.54, 1.807) is 11.3 Å². The van der Waals surface area contributed by atoms with Crippen molar-refractivity contribution >= 4 is 28.2 Å². The molecule has 2 atom stereocenters. The zero-order valence-corrected chi connectivity index (χ0v) is 14.9. The topological polar surface area (TPSA) is 84.2 Å². The molecule has 6 heteroatoms. The third-order valence-electron chi connectivity index (χ3n) is 5.48. The zero-order chi connectivity index (χ0) is 16.8. The number of nitrogens with one attached hydrogen (secondary N) is 2. The predicted octanol–water partition coefficient (Wildman–Crippen LogP) is 2.61. The van der Waals surface area contributed by atoms with E-state index in [1.807, 2.05) is 0 Å². The summed E-state index contributed by atoms with van der Waals surface area (Å²) in [6, 6.07) is 0.0778. The van der Waals surface area contributed by atoms with Crippen molar-refractivity contribution in [2.45, 2.75) is 57.4 Å². The standard InChI is InChI=1S/C18H25N3O2S/c1-9-12(19)6-7-13-14(9)15(17(23)20-8-10-2-3-10)18(24-13)21-16(22)11-4-5-11/h9-12H,2-8,19H2,1H3,(H,20,23)(H,21,22)/t9-,12+/m1/s1. The highest BCUT2D eigenvalue weighted by atomic mass is 32.1. The Morgan fingerprint density at radius 1 is 1.21 bits per heavy atom. The summed E-state index contributed by atoms with van der Waals surface area (Å²) in [5.74, 6) is 0.922. The lowest BCUT2D eigenvalue weighted by Gasteiger charge is -2.26. The van der Waals surface area contributed by atoms with Gasteiger partial charge in [-0.2, -0.15) is 0 Å². The average molecular weight is 347 g/mol. The van der Waals surface area contributed by atoms with E-state index >= 15 is 0 Å². The first-order chi connectivity index (χ1) is 11.5. The van der Waals surface area contributed by atoms with E-state index < -0.39 is 0 Å². The van der Waals surface area contributed by atoms with E-state index in [2.05, 4.69) is 17.6 Å². The quantitative estimate of drug-likeness (QED) is 0.765. The predicted molar refractivity (Wildman–Crippen MR) is 95.4 cm³/mol. The van der Waals surface area contributed by atoms with E-state index in [1.165, 1.54) is 17.7 Å². The van der Waals surface area contributed by atoms with Gasteiger partial charge in [-0.05, 0) is 55.9 Å². The van der Waals surface area contributed by atoms with Crippen LogP contribution >= 0.6 is 11.3 Å². The molecule has 5 nitrogen and oxygen atoms in total. The van der Waals surface area contributed by atoms with Crippen molar-refractivity contribution in [3.05, 3.63) is 16.0 Å². The molecule has 0 aromatic carbocycles. The van der Waals surface area contributed by atoms with Crippen LogP contribution in [-0.2, 0) is 11.2 Å². The number of nitrogens with two attached hydrogens (primary N) is 1. The fraction of sp³-hybridized carbons (Fsp3) is 0.667. The minimum Gasteiger partial charge on any atom is -0.352 e. The van der Waals surface area contributed by atoms with Crippen LogP contribution in [0.2, 0.25) is 0 Å². The molecule has 4 N–H and O–H groups in total. The van der Waals surface area contributed by atoms with E-state index in [9.17, 15) is 9.59 Å². The first-order valence-electron chi connectivity index (χ1n) is 9.04. The number of fused-ring (bicyclic) bond motifs is 1. The van der Waals surface area contributed by atoms with Gasteiger partial charge in [-0.1, -0.05) is 6.92 Å². The normalized spacial score (nSPS) is 25.9. The molecule has 0 spiro atoms. The van der Waals surface area contributed by atoms with Crippen LogP contribution in [0.3, 0.4) is 0 Å². The van der Waals surface area contributed by atoms with Gasteiger partial charge in [0.2, 0.25) is 5.91 Å². The third kappa shape index (κ3) is 3.09. The van der Waals surface area contributed by atoms with E-state index in [0.717, 1.165) is 42.8 Å². The number of thiophene rings is 1. The number of anilines is 1. The molecule has 1 aromatic heterocycles. The molecule has 2 saturated carbocycles. The van der Waals surface area contributed by atoms with Gasteiger partial charge in [0.1, 0.15) is 5.00 Å². The lowest BCUT2D eigenvalue weighted by molar-refractivity contribution is -0.117. The summed E-state index contributed by atoms with van der Waals surface area (Å²) in [5.41, 5.74) is 7.99. The van der Waals surface area contributed by atoms with Crippen molar-refractivity contribution in [3.63, 3.8) is 0 Å². The van der Waals surface area contributed by atoms with Crippen molar-refractivity contribution in [1.29, 1.82) is 0 Å². The summed E-state index contributed by atoms with van der Waals surface area (Å²) in [6.45, 7) is 2.83. The SMILES string of the molecule is C[C@H]1c2c(sc(NC(=O)C3CC3)c2C(=O)NCC2CC2)CC[C@@H]1N. The van der Waals surface area contributed by atoms with Gasteiger partial charge in [0, 0.05) is 23.4 Å². The highest BCUT2D eigenvalue weighted by Crippen LogP contribution is 2.44. The second-order valence-corrected chi connectivity index (χ2v) is 8.66. The number of carbonyl (C=O) groups is 2. The zero-order valence-electron chi connectivity index (χ0n) is 14.1. The lowest BCUT2D eigenvalue weighted by atomic mass is 9.82. The van der Waals surface area contributed by atoms with Gasteiger partial charge in [-0.15, -0.1) is 11.3 Å². The van der Waals surface area contributed by atoms with Gasteiger partial charge >= 0.3 is 0 Å². The first-order valence-corrected chi connectivity index (χ1v) is 9.86. The fourth-order valence-electron chi connectivity index (χ4n) is 3.44. The molecule has 24 heavy (non-hydrogen) atoms. The number of hydrogen-bond acceptors (Lipinski definition) is 4. The summed E-state index contributed by atoms with van der Waals surface area (Å²) in [4.78, 5) is 26.3. The molecule has 1 aromatic rings. The maximum Gasteiger partial charge on any atom is 0.254 e. The number of hydrogen-bond donors (Lipinski definition) is 3. The first kappa shape index (κ1) is 16.1. The number of amides is 2. The van der Waals surface area contributed by atoms with E-state index in [0.29, 0.717) is 11.5 Å². The Hall–Kier alpha value is -1.40. The Kier molecular flexibility index (Phi) is 4.12. The van der Waals surface area contributed by atoms with Crippen LogP contribution in [0.4, 0.5) is 5.00 Å². The van der Waals surface area contributed by atoms with Crippen molar-refractivity contribution in [2.75, 3.05) is 11.9 Å². The molecule has 0 radical (unpaired) electrons. The maximum absolute atomic E-state index is 12.9. The molecule has 0 unspecified atom stereocenters. The molecular weight excluding hydrogens is 322 g/mol. The second-order valence-electron chi connectivity index (χ2n) is 7.55. The van der Waals surface area contributed by atoms with Crippen molar-refractivity contribution in [3.8, 4) is 0 Å². The van der Waals surface area contributed by atoms with Crippen LogP contribution in [0.25, 0.3) is 0 Å². The largest absolute Gasteiger partial charge is 0.352 e. The van der Waals surface area contributed by atoms with Crippen LogP contribution < -0.4 is 16.4 Å². The number of aryl methyl sites for hydroxylation is 1. The van der Waals surface area contributed by atoms with Crippen LogP contribution in [-0.4, -0.2) is 24.4 Å². The molecule has 1 heterocycles. The number of carbonyl (C=O) groups excluding carboxylic acids is 2. The average Bonchev–Trinajstić information content (AvgIpc) is 3.45. The Morgan fingerprint density at radius 2 is 1.96 bits per heavy atom. The summed E-state index contributed by atoms with van der Waals surface area (Å²) in [7, 11) is 0. The van der Waals surface area contributed by atoms with Gasteiger partial charge in [-0.3, -0.25) is 9.59 Å². The molecular formula is C18H25N3O2S. The molecule has 0 bridgehead atoms. The third-order valence-corrected chi connectivity index (χ3v) is 6.67. The maximum atomic E-state index is 12.9. The molecule has 2 amide bonds. The Labute approximate surface area is 146 Å². The Morgan fingerprint density at radius 3 is 2.62 bits per heavy atom. The fourth-order valence-corrected chi connectivity index (χ4v) is 4.76. The van der Waals surface area contributed by atoms with Gasteiger partial charge in [0.05, 0.1) is 5.56 Å². The van der Waals surface area contributed by atoms with Crippen molar-refractivity contribution < 1.29 is 9.59 Å². The smallest absolute Gasteiger partial charge is 0.254 e. The molecule has 0 saturated heterocycles. The van der Waals surface area contributed by atoms with E-state index in [4.69, 9.17) is 5.73 Å². The van der Waals surface area contributed by atoms with Gasteiger partial charge < -0.3 is 16.4 Å². The van der Waals surface area contributed by atoms with Crippen LogP contribution in [0.1, 0.15) is 65.7 Å². The molecule has 130 valence electrons. The Bertz CT molecular complexity index is 676. The second kappa shape index (κ2) is 6.15. The highest BCUT2D eigenvalue weighted by Gasteiger charge is 2.36. The van der Waals surface area contributed by atoms with Crippen LogP contribution in [0, 0.1) is 11.8 Å². The van der Waals surface area contributed by atoms with Crippen molar-refractivity contribution in [2.24, 2.45) is 17.6 Å². The minimum atomic E-state index is -0.0496. The molecule has 0 aliphatic heterocycles. The Balaban J connectivity index is 1.64. The lowest BCUT2D eigenvalue weighted by Crippen LogP contribution is -2.33.